The van der Waals surface area contributed by atoms with Crippen molar-refractivity contribution in [1.29, 1.82) is 0 Å². The highest BCUT2D eigenvalue weighted by Crippen LogP contribution is 2.21. The van der Waals surface area contributed by atoms with E-state index in [2.05, 4.69) is 12.6 Å². The smallest absolute Gasteiger partial charge is 0.123 e. The maximum absolute atomic E-state index is 13.0. The fraction of sp³-hybridized carbons (Fsp3) is 0.250. The molecule has 0 saturated heterocycles. The van der Waals surface area contributed by atoms with Crippen molar-refractivity contribution in [2.75, 3.05) is 5.75 Å². The molecule has 2 rings (SSSR count). The average Bonchev–Trinajstić information content (AvgIpc) is 2.52. The van der Waals surface area contributed by atoms with Crippen LogP contribution in [0, 0.1) is 5.82 Å². The van der Waals surface area contributed by atoms with E-state index in [1.807, 2.05) is 0 Å². The van der Waals surface area contributed by atoms with Crippen LogP contribution in [0.25, 0.3) is 0 Å². The summed E-state index contributed by atoms with van der Waals surface area (Å²) in [6.07, 6.45) is -1.88. The monoisotopic (exact) mass is 308 g/mol. The number of thiol groups is 1. The second kappa shape index (κ2) is 7.45. The van der Waals surface area contributed by atoms with Gasteiger partial charge in [0.1, 0.15) is 24.3 Å². The molecule has 2 aromatic rings. The van der Waals surface area contributed by atoms with Gasteiger partial charge in [-0.15, -0.1) is 0 Å². The molecule has 5 heteroatoms. The van der Waals surface area contributed by atoms with Crippen molar-refractivity contribution in [2.24, 2.45) is 0 Å². The Bertz CT molecular complexity index is 574. The quantitative estimate of drug-likeness (QED) is 0.719. The molecule has 112 valence electrons. The minimum Gasteiger partial charge on any atom is -0.489 e. The number of ether oxygens (including phenoxy) is 1. The predicted octanol–water partition coefficient (Wildman–Crippen LogP) is 2.73. The van der Waals surface area contributed by atoms with Gasteiger partial charge >= 0.3 is 0 Å². The van der Waals surface area contributed by atoms with E-state index >= 15 is 0 Å². The highest BCUT2D eigenvalue weighted by Gasteiger charge is 2.16. The normalized spacial score (nSPS) is 13.7. The van der Waals surface area contributed by atoms with E-state index in [-0.39, 0.29) is 18.2 Å². The van der Waals surface area contributed by atoms with Gasteiger partial charge < -0.3 is 14.9 Å². The number of rotatable bonds is 6. The SMILES string of the molecule is OC(CS)C(O)c1ccc(OCc2cccc(F)c2)cc1. The standard InChI is InChI=1S/C16H17FO3S/c17-13-3-1-2-11(8-13)9-20-14-6-4-12(5-7-14)16(19)15(18)10-21/h1-8,15-16,18-19,21H,9-10H2. The summed E-state index contributed by atoms with van der Waals surface area (Å²) in [5.74, 6) is 0.491. The Morgan fingerprint density at radius 3 is 2.43 bits per heavy atom. The fourth-order valence-electron chi connectivity index (χ4n) is 1.88. The number of hydrogen-bond acceptors (Lipinski definition) is 4. The predicted molar refractivity (Wildman–Crippen MR) is 82.0 cm³/mol. The topological polar surface area (TPSA) is 49.7 Å². The molecule has 2 atom stereocenters. The molecule has 0 aliphatic heterocycles. The zero-order chi connectivity index (χ0) is 15.2. The van der Waals surface area contributed by atoms with Crippen LogP contribution in [-0.2, 0) is 6.61 Å². The van der Waals surface area contributed by atoms with Gasteiger partial charge in [0, 0.05) is 5.75 Å². The van der Waals surface area contributed by atoms with Crippen LogP contribution < -0.4 is 4.74 Å². The maximum Gasteiger partial charge on any atom is 0.123 e. The Kier molecular flexibility index (Phi) is 5.61. The summed E-state index contributed by atoms with van der Waals surface area (Å²) in [6, 6.07) is 13.0. The van der Waals surface area contributed by atoms with E-state index in [0.717, 1.165) is 5.56 Å². The lowest BCUT2D eigenvalue weighted by Gasteiger charge is -2.16. The lowest BCUT2D eigenvalue weighted by molar-refractivity contribution is 0.0337. The minimum atomic E-state index is -0.972. The van der Waals surface area contributed by atoms with Gasteiger partial charge in [-0.1, -0.05) is 24.3 Å². The van der Waals surface area contributed by atoms with Gasteiger partial charge in [0.15, 0.2) is 0 Å². The largest absolute Gasteiger partial charge is 0.489 e. The molecule has 0 fully saturated rings. The van der Waals surface area contributed by atoms with Crippen molar-refractivity contribution in [3.8, 4) is 5.75 Å². The zero-order valence-corrected chi connectivity index (χ0v) is 12.2. The third-order valence-corrected chi connectivity index (χ3v) is 3.44. The first-order chi connectivity index (χ1) is 10.1. The average molecular weight is 308 g/mol. The van der Waals surface area contributed by atoms with Crippen molar-refractivity contribution >= 4 is 12.6 Å². The highest BCUT2D eigenvalue weighted by molar-refractivity contribution is 7.80. The number of aliphatic hydroxyl groups is 2. The molecule has 2 N–H and O–H groups in total. The van der Waals surface area contributed by atoms with Crippen LogP contribution in [0.2, 0.25) is 0 Å². The Morgan fingerprint density at radius 2 is 1.81 bits per heavy atom. The summed E-state index contributed by atoms with van der Waals surface area (Å²) in [5.41, 5.74) is 1.33. The van der Waals surface area contributed by atoms with Crippen molar-refractivity contribution < 1.29 is 19.3 Å². The third kappa shape index (κ3) is 4.46. The second-order valence-corrected chi connectivity index (χ2v) is 5.05. The minimum absolute atomic E-state index is 0.180. The Hall–Kier alpha value is -1.56. The van der Waals surface area contributed by atoms with Crippen molar-refractivity contribution in [2.45, 2.75) is 18.8 Å². The summed E-state index contributed by atoms with van der Waals surface area (Å²) >= 11 is 3.94. The Balaban J connectivity index is 1.96. The highest BCUT2D eigenvalue weighted by atomic mass is 32.1. The third-order valence-electron chi connectivity index (χ3n) is 3.07. The molecule has 21 heavy (non-hydrogen) atoms. The van der Waals surface area contributed by atoms with E-state index < -0.39 is 12.2 Å². The van der Waals surface area contributed by atoms with E-state index in [9.17, 15) is 14.6 Å². The van der Waals surface area contributed by atoms with Gasteiger partial charge in [0.25, 0.3) is 0 Å². The summed E-state index contributed by atoms with van der Waals surface area (Å²) in [6.45, 7) is 0.263. The van der Waals surface area contributed by atoms with Crippen LogP contribution in [0.3, 0.4) is 0 Å². The van der Waals surface area contributed by atoms with Crippen LogP contribution in [-0.4, -0.2) is 22.1 Å². The summed E-state index contributed by atoms with van der Waals surface area (Å²) < 4.78 is 18.6. The van der Waals surface area contributed by atoms with Gasteiger partial charge in [-0.2, -0.15) is 12.6 Å². The molecule has 0 aromatic heterocycles. The van der Waals surface area contributed by atoms with Gasteiger partial charge in [-0.25, -0.2) is 4.39 Å². The van der Waals surface area contributed by atoms with Crippen LogP contribution >= 0.6 is 12.6 Å². The van der Waals surface area contributed by atoms with E-state index in [1.54, 1.807) is 36.4 Å². The Morgan fingerprint density at radius 1 is 1.10 bits per heavy atom. The molecule has 0 saturated carbocycles. The maximum atomic E-state index is 13.0. The van der Waals surface area contributed by atoms with Gasteiger partial charge in [0.05, 0.1) is 6.10 Å². The molecular weight excluding hydrogens is 291 g/mol. The lowest BCUT2D eigenvalue weighted by Crippen LogP contribution is -2.19. The number of aliphatic hydroxyl groups excluding tert-OH is 2. The van der Waals surface area contributed by atoms with E-state index in [1.165, 1.54) is 12.1 Å². The van der Waals surface area contributed by atoms with Gasteiger partial charge in [-0.05, 0) is 35.4 Å². The molecule has 2 aromatic carbocycles. The first-order valence-electron chi connectivity index (χ1n) is 6.54. The van der Waals surface area contributed by atoms with Crippen LogP contribution in [0.15, 0.2) is 48.5 Å². The van der Waals surface area contributed by atoms with Crippen molar-refractivity contribution in [3.63, 3.8) is 0 Å². The number of halogens is 1. The molecular formula is C16H17FO3S. The summed E-state index contributed by atoms with van der Waals surface area (Å²) in [4.78, 5) is 0. The lowest BCUT2D eigenvalue weighted by atomic mass is 10.1. The van der Waals surface area contributed by atoms with Crippen molar-refractivity contribution in [3.05, 3.63) is 65.5 Å². The van der Waals surface area contributed by atoms with Crippen molar-refractivity contribution in [1.82, 2.24) is 0 Å². The molecule has 3 nitrogen and oxygen atoms in total. The molecule has 0 aliphatic carbocycles. The number of benzene rings is 2. The van der Waals surface area contributed by atoms with E-state index in [0.29, 0.717) is 11.3 Å². The zero-order valence-electron chi connectivity index (χ0n) is 11.3. The summed E-state index contributed by atoms with van der Waals surface area (Å²) in [5, 5.41) is 19.4. The summed E-state index contributed by atoms with van der Waals surface area (Å²) in [7, 11) is 0. The van der Waals surface area contributed by atoms with Crippen LogP contribution in [0.5, 0.6) is 5.75 Å². The molecule has 0 heterocycles. The van der Waals surface area contributed by atoms with Crippen LogP contribution in [0.4, 0.5) is 4.39 Å². The molecule has 0 amide bonds. The van der Waals surface area contributed by atoms with E-state index in [4.69, 9.17) is 4.74 Å². The van der Waals surface area contributed by atoms with Gasteiger partial charge in [0.2, 0.25) is 0 Å². The van der Waals surface area contributed by atoms with Gasteiger partial charge in [-0.3, -0.25) is 0 Å². The first kappa shape index (κ1) is 15.8. The molecule has 0 bridgehead atoms. The first-order valence-corrected chi connectivity index (χ1v) is 7.17. The molecule has 0 spiro atoms. The molecule has 2 unspecified atom stereocenters. The molecule has 0 radical (unpaired) electrons. The fourth-order valence-corrected chi connectivity index (χ4v) is 2.08. The van der Waals surface area contributed by atoms with Crippen LogP contribution in [0.1, 0.15) is 17.2 Å². The second-order valence-electron chi connectivity index (χ2n) is 4.68. The Labute approximate surface area is 128 Å². The molecule has 0 aliphatic rings. The number of hydrogen-bond donors (Lipinski definition) is 3.